The lowest BCUT2D eigenvalue weighted by Crippen LogP contribution is -2.58. The van der Waals surface area contributed by atoms with E-state index in [9.17, 15) is 13.2 Å². The van der Waals surface area contributed by atoms with E-state index in [4.69, 9.17) is 11.5 Å². The second kappa shape index (κ2) is 7.61. The van der Waals surface area contributed by atoms with Gasteiger partial charge < -0.3 is 11.5 Å². The molecule has 0 aromatic heterocycles. The summed E-state index contributed by atoms with van der Waals surface area (Å²) in [6, 6.07) is 5.74. The molecule has 0 radical (unpaired) electrons. The molecule has 1 aromatic rings. The summed E-state index contributed by atoms with van der Waals surface area (Å²) in [5.41, 5.74) is 10.6. The van der Waals surface area contributed by atoms with E-state index in [0.717, 1.165) is 25.7 Å². The van der Waals surface area contributed by atoms with Crippen LogP contribution in [0, 0.1) is 5.92 Å². The molecule has 2 atom stereocenters. The number of sulfonamides is 1. The van der Waals surface area contributed by atoms with E-state index in [2.05, 4.69) is 4.72 Å². The van der Waals surface area contributed by atoms with Crippen molar-refractivity contribution in [3.63, 3.8) is 0 Å². The minimum absolute atomic E-state index is 0. The number of hydrogen-bond donors (Lipinski definition) is 3. The Balaban J connectivity index is 0.00000264. The standard InChI is InChI=1S/C15H23N3O3S.ClH/c1-11-5-2-3-8-15(11,10-16)18-22(20,21)13-7-4-6-12(9-13)14(17)19;/h4,6-7,9,11,18H,2-3,5,8,10,16H2,1H3,(H2,17,19);1H. The molecule has 1 fully saturated rings. The molecule has 0 saturated heterocycles. The van der Waals surface area contributed by atoms with Crippen molar-refractivity contribution in [1.82, 2.24) is 4.72 Å². The van der Waals surface area contributed by atoms with Crippen molar-refractivity contribution < 1.29 is 13.2 Å². The lowest BCUT2D eigenvalue weighted by atomic mass is 9.74. The summed E-state index contributed by atoms with van der Waals surface area (Å²) >= 11 is 0. The van der Waals surface area contributed by atoms with Gasteiger partial charge in [-0.2, -0.15) is 0 Å². The normalized spacial score (nSPS) is 24.7. The van der Waals surface area contributed by atoms with Gasteiger partial charge in [-0.1, -0.05) is 25.8 Å². The maximum absolute atomic E-state index is 12.7. The minimum atomic E-state index is -3.76. The lowest BCUT2D eigenvalue weighted by molar-refractivity contribution is 0.1000. The highest BCUT2D eigenvalue weighted by Gasteiger charge is 2.40. The molecule has 8 heteroatoms. The zero-order chi connectivity index (χ0) is 16.4. The molecule has 1 aromatic carbocycles. The maximum Gasteiger partial charge on any atom is 0.248 e. The Labute approximate surface area is 143 Å². The molecule has 1 saturated carbocycles. The smallest absolute Gasteiger partial charge is 0.248 e. The van der Waals surface area contributed by atoms with Crippen LogP contribution in [0.1, 0.15) is 43.0 Å². The molecule has 2 unspecified atom stereocenters. The van der Waals surface area contributed by atoms with Gasteiger partial charge in [0.05, 0.1) is 4.90 Å². The lowest BCUT2D eigenvalue weighted by Gasteiger charge is -2.42. The highest BCUT2D eigenvalue weighted by molar-refractivity contribution is 7.89. The topological polar surface area (TPSA) is 115 Å². The third-order valence-electron chi connectivity index (χ3n) is 4.58. The van der Waals surface area contributed by atoms with Gasteiger partial charge in [0.2, 0.25) is 15.9 Å². The zero-order valence-electron chi connectivity index (χ0n) is 13.1. The fourth-order valence-corrected chi connectivity index (χ4v) is 4.63. The van der Waals surface area contributed by atoms with E-state index in [1.54, 1.807) is 0 Å². The largest absolute Gasteiger partial charge is 0.366 e. The van der Waals surface area contributed by atoms with Crippen LogP contribution < -0.4 is 16.2 Å². The number of benzene rings is 1. The first-order valence-corrected chi connectivity index (χ1v) is 8.93. The number of halogens is 1. The third kappa shape index (κ3) is 4.23. The Hall–Kier alpha value is -1.15. The van der Waals surface area contributed by atoms with E-state index in [-0.39, 0.29) is 35.3 Å². The summed E-state index contributed by atoms with van der Waals surface area (Å²) in [7, 11) is -3.76. The minimum Gasteiger partial charge on any atom is -0.366 e. The van der Waals surface area contributed by atoms with Crippen LogP contribution in [0.15, 0.2) is 29.2 Å². The summed E-state index contributed by atoms with van der Waals surface area (Å²) in [6.07, 6.45) is 3.70. The summed E-state index contributed by atoms with van der Waals surface area (Å²) in [6.45, 7) is 2.28. The van der Waals surface area contributed by atoms with Crippen LogP contribution in [0.3, 0.4) is 0 Å². The van der Waals surface area contributed by atoms with Crippen molar-refractivity contribution in [2.24, 2.45) is 17.4 Å². The molecule has 23 heavy (non-hydrogen) atoms. The Morgan fingerprint density at radius 2 is 2.09 bits per heavy atom. The van der Waals surface area contributed by atoms with Gasteiger partial charge in [-0.3, -0.25) is 4.79 Å². The summed E-state index contributed by atoms with van der Waals surface area (Å²) in [5.74, 6) is -0.489. The van der Waals surface area contributed by atoms with E-state index in [1.165, 1.54) is 24.3 Å². The summed E-state index contributed by atoms with van der Waals surface area (Å²) < 4.78 is 28.1. The highest BCUT2D eigenvalue weighted by Crippen LogP contribution is 2.34. The van der Waals surface area contributed by atoms with Gasteiger partial charge in [0.15, 0.2) is 0 Å². The van der Waals surface area contributed by atoms with Crippen molar-refractivity contribution in [3.8, 4) is 0 Å². The van der Waals surface area contributed by atoms with Gasteiger partial charge >= 0.3 is 0 Å². The average molecular weight is 362 g/mol. The van der Waals surface area contributed by atoms with Gasteiger partial charge in [0.1, 0.15) is 0 Å². The number of carbonyl (C=O) groups is 1. The van der Waals surface area contributed by atoms with Gasteiger partial charge in [0, 0.05) is 17.6 Å². The van der Waals surface area contributed by atoms with Crippen LogP contribution in [0.25, 0.3) is 0 Å². The van der Waals surface area contributed by atoms with E-state index < -0.39 is 21.5 Å². The number of primary amides is 1. The average Bonchev–Trinajstić information content (AvgIpc) is 2.49. The maximum atomic E-state index is 12.7. The summed E-state index contributed by atoms with van der Waals surface area (Å²) in [4.78, 5) is 11.3. The first kappa shape index (κ1) is 19.9. The molecule has 5 N–H and O–H groups in total. The van der Waals surface area contributed by atoms with Gasteiger partial charge in [0.25, 0.3) is 0 Å². The Morgan fingerprint density at radius 1 is 1.39 bits per heavy atom. The van der Waals surface area contributed by atoms with Crippen molar-refractivity contribution >= 4 is 28.3 Å². The van der Waals surface area contributed by atoms with Gasteiger partial charge in [-0.25, -0.2) is 13.1 Å². The predicted octanol–water partition coefficient (Wildman–Crippen LogP) is 1.39. The molecule has 0 aliphatic heterocycles. The van der Waals surface area contributed by atoms with Crippen LogP contribution in [0.2, 0.25) is 0 Å². The van der Waals surface area contributed by atoms with Crippen LogP contribution in [0.4, 0.5) is 0 Å². The number of carbonyl (C=O) groups excluding carboxylic acids is 1. The van der Waals surface area contributed by atoms with E-state index in [0.29, 0.717) is 0 Å². The molecule has 0 bridgehead atoms. The van der Waals surface area contributed by atoms with E-state index in [1.807, 2.05) is 6.92 Å². The SMILES string of the molecule is CC1CCCCC1(CN)NS(=O)(=O)c1cccc(C(N)=O)c1.Cl. The molecule has 130 valence electrons. The molecule has 0 heterocycles. The second-order valence-corrected chi connectivity index (χ2v) is 7.69. The van der Waals surface area contributed by atoms with Crippen LogP contribution in [-0.4, -0.2) is 26.4 Å². The highest BCUT2D eigenvalue weighted by atomic mass is 35.5. The number of nitrogens with one attached hydrogen (secondary N) is 1. The second-order valence-electron chi connectivity index (χ2n) is 6.00. The molecule has 1 amide bonds. The third-order valence-corrected chi connectivity index (χ3v) is 6.13. The number of nitrogens with two attached hydrogens (primary N) is 2. The summed E-state index contributed by atoms with van der Waals surface area (Å²) in [5, 5.41) is 0. The Bertz CT molecular complexity index is 666. The molecular formula is C15H24ClN3O3S. The molecule has 2 rings (SSSR count). The molecule has 0 spiro atoms. The van der Waals surface area contributed by atoms with Crippen LogP contribution >= 0.6 is 12.4 Å². The van der Waals surface area contributed by atoms with Gasteiger partial charge in [-0.05, 0) is 37.0 Å². The molecule has 1 aliphatic carbocycles. The zero-order valence-corrected chi connectivity index (χ0v) is 14.8. The quantitative estimate of drug-likeness (QED) is 0.734. The number of hydrogen-bond acceptors (Lipinski definition) is 4. The number of rotatable bonds is 5. The van der Waals surface area contributed by atoms with Crippen molar-refractivity contribution in [2.45, 2.75) is 43.0 Å². The monoisotopic (exact) mass is 361 g/mol. The van der Waals surface area contributed by atoms with E-state index >= 15 is 0 Å². The first-order valence-electron chi connectivity index (χ1n) is 7.45. The molecule has 1 aliphatic rings. The fraction of sp³-hybridized carbons (Fsp3) is 0.533. The molecular weight excluding hydrogens is 338 g/mol. The number of amides is 1. The Morgan fingerprint density at radius 3 is 2.65 bits per heavy atom. The first-order chi connectivity index (χ1) is 10.3. The fourth-order valence-electron chi connectivity index (χ4n) is 3.05. The van der Waals surface area contributed by atoms with Gasteiger partial charge in [-0.15, -0.1) is 12.4 Å². The van der Waals surface area contributed by atoms with Crippen molar-refractivity contribution in [2.75, 3.05) is 6.54 Å². The van der Waals surface area contributed by atoms with Crippen molar-refractivity contribution in [3.05, 3.63) is 29.8 Å². The van der Waals surface area contributed by atoms with Crippen LogP contribution in [-0.2, 0) is 10.0 Å². The Kier molecular flexibility index (Phi) is 6.59. The molecule has 6 nitrogen and oxygen atoms in total. The van der Waals surface area contributed by atoms with Crippen LogP contribution in [0.5, 0.6) is 0 Å². The predicted molar refractivity (Wildman–Crippen MR) is 91.9 cm³/mol. The van der Waals surface area contributed by atoms with Crippen molar-refractivity contribution in [1.29, 1.82) is 0 Å².